The summed E-state index contributed by atoms with van der Waals surface area (Å²) in [5.74, 6) is 1.16. The highest BCUT2D eigenvalue weighted by Crippen LogP contribution is 2.30. The monoisotopic (exact) mass is 204 g/mol. The summed E-state index contributed by atoms with van der Waals surface area (Å²) in [6.45, 7) is 0. The predicted molar refractivity (Wildman–Crippen MR) is 46.1 cm³/mol. The average molecular weight is 204 g/mol. The Morgan fingerprint density at radius 1 is 1.09 bits per heavy atom. The summed E-state index contributed by atoms with van der Waals surface area (Å²) >= 11 is 1.74. The zero-order chi connectivity index (χ0) is 8.74. The van der Waals surface area contributed by atoms with Crippen molar-refractivity contribution in [3.8, 4) is 0 Å². The molecule has 0 unspecified atom stereocenters. The van der Waals surface area contributed by atoms with E-state index in [2.05, 4.69) is 0 Å². The van der Waals surface area contributed by atoms with Crippen molar-refractivity contribution in [1.82, 2.24) is 0 Å². The molecule has 5 heteroatoms. The second kappa shape index (κ2) is 6.06. The fourth-order valence-corrected chi connectivity index (χ4v) is 1.61. The molecule has 0 atom stereocenters. The van der Waals surface area contributed by atoms with Gasteiger partial charge in [0.2, 0.25) is 0 Å². The Kier molecular flexibility index (Phi) is 6.33. The van der Waals surface area contributed by atoms with Gasteiger partial charge in [-0.05, 0) is 24.9 Å². The second-order valence-electron chi connectivity index (χ2n) is 1.99. The number of thioether (sulfide) groups is 2. The maximum atomic E-state index is 11.5. The molecule has 0 spiro atoms. The van der Waals surface area contributed by atoms with Gasteiger partial charge in [-0.15, -0.1) is 0 Å². The van der Waals surface area contributed by atoms with Gasteiger partial charge in [0.05, 0.1) is 0 Å². The van der Waals surface area contributed by atoms with E-state index in [1.54, 1.807) is 11.8 Å². The van der Waals surface area contributed by atoms with E-state index in [1.807, 2.05) is 6.26 Å². The van der Waals surface area contributed by atoms with Crippen molar-refractivity contribution in [1.29, 1.82) is 0 Å². The molecular formula is C6H11F3S2. The number of hydrogen-bond acceptors (Lipinski definition) is 2. The molecule has 0 aromatic heterocycles. The first kappa shape index (κ1) is 11.5. The molecule has 0 aromatic carbocycles. The molecule has 0 fully saturated rings. The minimum Gasteiger partial charge on any atom is -0.165 e. The van der Waals surface area contributed by atoms with Gasteiger partial charge in [0.1, 0.15) is 0 Å². The van der Waals surface area contributed by atoms with Gasteiger partial charge in [-0.1, -0.05) is 11.8 Å². The molecule has 0 rings (SSSR count). The third-order valence-electron chi connectivity index (χ3n) is 1.01. The molecular weight excluding hydrogens is 193 g/mol. The van der Waals surface area contributed by atoms with Crippen LogP contribution in [0.4, 0.5) is 13.2 Å². The van der Waals surface area contributed by atoms with Crippen LogP contribution in [0.15, 0.2) is 0 Å². The van der Waals surface area contributed by atoms with Crippen molar-refractivity contribution in [3.05, 3.63) is 0 Å². The summed E-state index contributed by atoms with van der Waals surface area (Å²) in [7, 11) is 0. The smallest absolute Gasteiger partial charge is 0.165 e. The molecule has 0 amide bonds. The van der Waals surface area contributed by atoms with Crippen LogP contribution in [-0.4, -0.2) is 23.3 Å². The number of unbranched alkanes of at least 4 members (excludes halogenated alkanes) is 1. The Hall–Kier alpha value is 0.490. The molecule has 0 saturated heterocycles. The lowest BCUT2D eigenvalue weighted by Gasteiger charge is -2.03. The van der Waals surface area contributed by atoms with E-state index in [-0.39, 0.29) is 17.5 Å². The molecule has 0 aliphatic rings. The number of hydrogen-bond donors (Lipinski definition) is 0. The third kappa shape index (κ3) is 10.5. The number of alkyl halides is 3. The minimum absolute atomic E-state index is 0.0747. The van der Waals surface area contributed by atoms with Gasteiger partial charge in [0, 0.05) is 5.75 Å². The minimum atomic E-state index is -4.04. The van der Waals surface area contributed by atoms with Crippen molar-refractivity contribution in [3.63, 3.8) is 0 Å². The number of rotatable bonds is 5. The van der Waals surface area contributed by atoms with Gasteiger partial charge in [0.25, 0.3) is 0 Å². The Morgan fingerprint density at radius 2 is 1.64 bits per heavy atom. The molecule has 0 aliphatic heterocycles. The van der Waals surface area contributed by atoms with Gasteiger partial charge in [-0.25, -0.2) is 0 Å². The summed E-state index contributed by atoms with van der Waals surface area (Å²) in [4.78, 5) is 0. The van der Waals surface area contributed by atoms with Crippen molar-refractivity contribution in [2.24, 2.45) is 0 Å². The normalized spacial score (nSPS) is 12.0. The van der Waals surface area contributed by atoms with Crippen LogP contribution in [0.25, 0.3) is 0 Å². The van der Waals surface area contributed by atoms with Crippen LogP contribution in [-0.2, 0) is 0 Å². The van der Waals surface area contributed by atoms with E-state index in [4.69, 9.17) is 0 Å². The molecule has 0 heterocycles. The van der Waals surface area contributed by atoms with E-state index in [1.165, 1.54) is 0 Å². The van der Waals surface area contributed by atoms with E-state index >= 15 is 0 Å². The zero-order valence-corrected chi connectivity index (χ0v) is 7.91. The largest absolute Gasteiger partial charge is 0.441 e. The highest BCUT2D eigenvalue weighted by molar-refractivity contribution is 8.00. The van der Waals surface area contributed by atoms with Crippen molar-refractivity contribution >= 4 is 23.5 Å². The molecule has 0 saturated carbocycles. The Balaban J connectivity index is 3.02. The van der Waals surface area contributed by atoms with E-state index < -0.39 is 5.51 Å². The van der Waals surface area contributed by atoms with E-state index in [9.17, 15) is 13.2 Å². The number of halogens is 3. The summed E-state index contributed by atoms with van der Waals surface area (Å²) in [5, 5.41) is 0. The fraction of sp³-hybridized carbons (Fsp3) is 1.00. The quantitative estimate of drug-likeness (QED) is 0.630. The molecule has 0 N–H and O–H groups in total. The lowest BCUT2D eigenvalue weighted by atomic mass is 10.4. The molecule has 0 bridgehead atoms. The van der Waals surface area contributed by atoms with Gasteiger partial charge in [-0.3, -0.25) is 0 Å². The average Bonchev–Trinajstić information content (AvgIpc) is 1.85. The van der Waals surface area contributed by atoms with Gasteiger partial charge in [-0.2, -0.15) is 24.9 Å². The summed E-state index contributed by atoms with van der Waals surface area (Å²) in [6, 6.07) is 0. The Bertz CT molecular complexity index is 92.3. The molecule has 0 nitrogen and oxygen atoms in total. The standard InChI is InChI=1S/C6H11F3S2/c1-10-4-2-3-5-11-6(7,8)9/h2-5H2,1H3. The van der Waals surface area contributed by atoms with Crippen LogP contribution in [0.3, 0.4) is 0 Å². The first-order valence-electron chi connectivity index (χ1n) is 3.26. The second-order valence-corrected chi connectivity index (χ2v) is 4.14. The van der Waals surface area contributed by atoms with Gasteiger partial charge < -0.3 is 0 Å². The van der Waals surface area contributed by atoms with Crippen LogP contribution in [0.2, 0.25) is 0 Å². The first-order chi connectivity index (χ1) is 5.06. The van der Waals surface area contributed by atoms with Crippen molar-refractivity contribution < 1.29 is 13.2 Å². The highest BCUT2D eigenvalue weighted by atomic mass is 32.2. The molecule has 0 aliphatic carbocycles. The molecule has 0 radical (unpaired) electrons. The van der Waals surface area contributed by atoms with Crippen molar-refractivity contribution in [2.75, 3.05) is 17.8 Å². The van der Waals surface area contributed by atoms with Crippen LogP contribution in [0, 0.1) is 0 Å². The first-order valence-corrected chi connectivity index (χ1v) is 5.64. The van der Waals surface area contributed by atoms with Crippen LogP contribution >= 0.6 is 23.5 Å². The van der Waals surface area contributed by atoms with Crippen LogP contribution in [0.1, 0.15) is 12.8 Å². The summed E-state index contributed by atoms with van der Waals surface area (Å²) in [6.07, 6.45) is 3.49. The summed E-state index contributed by atoms with van der Waals surface area (Å²) < 4.78 is 34.6. The zero-order valence-electron chi connectivity index (χ0n) is 6.28. The van der Waals surface area contributed by atoms with Gasteiger partial charge >= 0.3 is 5.51 Å². The molecule has 68 valence electrons. The molecule has 11 heavy (non-hydrogen) atoms. The highest BCUT2D eigenvalue weighted by Gasteiger charge is 2.27. The maximum Gasteiger partial charge on any atom is 0.441 e. The Morgan fingerprint density at radius 3 is 2.09 bits per heavy atom. The van der Waals surface area contributed by atoms with E-state index in [0.717, 1.165) is 12.2 Å². The van der Waals surface area contributed by atoms with Crippen LogP contribution < -0.4 is 0 Å². The predicted octanol–water partition coefficient (Wildman–Crippen LogP) is 3.38. The summed E-state index contributed by atoms with van der Waals surface area (Å²) in [5.41, 5.74) is -4.04. The SMILES string of the molecule is CSCCCCSC(F)(F)F. The van der Waals surface area contributed by atoms with Crippen molar-refractivity contribution in [2.45, 2.75) is 18.3 Å². The topological polar surface area (TPSA) is 0 Å². The van der Waals surface area contributed by atoms with Gasteiger partial charge in [0.15, 0.2) is 0 Å². The van der Waals surface area contributed by atoms with Crippen LogP contribution in [0.5, 0.6) is 0 Å². The lowest BCUT2D eigenvalue weighted by molar-refractivity contribution is -0.0327. The van der Waals surface area contributed by atoms with E-state index in [0.29, 0.717) is 6.42 Å². The lowest BCUT2D eigenvalue weighted by Crippen LogP contribution is -2.01. The Labute approximate surface area is 73.3 Å². The maximum absolute atomic E-state index is 11.5. The fourth-order valence-electron chi connectivity index (χ4n) is 0.536. The molecule has 0 aromatic rings. The third-order valence-corrected chi connectivity index (χ3v) is 2.53.